The van der Waals surface area contributed by atoms with Gasteiger partial charge >= 0.3 is 0 Å². The van der Waals surface area contributed by atoms with Crippen molar-refractivity contribution in [2.45, 2.75) is 19.9 Å². The van der Waals surface area contributed by atoms with Crippen LogP contribution in [0.5, 0.6) is 0 Å². The number of piperazine rings is 1. The van der Waals surface area contributed by atoms with E-state index in [0.717, 1.165) is 0 Å². The van der Waals surface area contributed by atoms with Gasteiger partial charge in [-0.1, -0.05) is 13.8 Å². The summed E-state index contributed by atoms with van der Waals surface area (Å²) in [6.45, 7) is 5.94. The Morgan fingerprint density at radius 2 is 1.74 bits per heavy atom. The van der Waals surface area contributed by atoms with Crippen molar-refractivity contribution < 1.29 is 23.2 Å². The van der Waals surface area contributed by atoms with Crippen LogP contribution in [0, 0.1) is 11.7 Å². The summed E-state index contributed by atoms with van der Waals surface area (Å²) in [7, 11) is 0. The van der Waals surface area contributed by atoms with Crippen LogP contribution in [-0.4, -0.2) is 66.3 Å². The molecule has 0 unspecified atom stereocenters. The molecule has 1 aromatic heterocycles. The van der Waals surface area contributed by atoms with Crippen LogP contribution < -0.4 is 10.6 Å². The number of hydrogen-bond acceptors (Lipinski definition) is 5. The molecule has 1 fully saturated rings. The van der Waals surface area contributed by atoms with E-state index < -0.39 is 11.9 Å². The molecule has 0 bridgehead atoms. The Morgan fingerprint density at radius 3 is 2.32 bits per heavy atom. The number of anilines is 1. The van der Waals surface area contributed by atoms with Crippen molar-refractivity contribution in [3.8, 4) is 0 Å². The molecule has 2 aromatic rings. The average Bonchev–Trinajstić information content (AvgIpc) is 3.28. The van der Waals surface area contributed by atoms with Gasteiger partial charge in [-0.2, -0.15) is 0 Å². The predicted molar refractivity (Wildman–Crippen MR) is 113 cm³/mol. The third-order valence-corrected chi connectivity index (χ3v) is 5.14. The normalized spacial score (nSPS) is 15.5. The zero-order valence-corrected chi connectivity index (χ0v) is 17.6. The molecule has 1 aromatic carbocycles. The van der Waals surface area contributed by atoms with Crippen LogP contribution in [0.3, 0.4) is 0 Å². The molecule has 0 radical (unpaired) electrons. The number of hydrogen-bond donors (Lipinski definition) is 2. The Bertz CT molecular complexity index is 891. The second-order valence-electron chi connectivity index (χ2n) is 7.83. The molecular formula is C22H27FN4O4. The number of halogens is 1. The van der Waals surface area contributed by atoms with Crippen molar-refractivity contribution >= 4 is 23.4 Å². The lowest BCUT2D eigenvalue weighted by molar-refractivity contribution is -0.136. The molecule has 0 aliphatic carbocycles. The first-order valence-corrected chi connectivity index (χ1v) is 10.2. The number of carbonyl (C=O) groups is 3. The van der Waals surface area contributed by atoms with Crippen molar-refractivity contribution in [1.29, 1.82) is 0 Å². The van der Waals surface area contributed by atoms with Gasteiger partial charge in [0.25, 0.3) is 5.91 Å². The van der Waals surface area contributed by atoms with E-state index in [-0.39, 0.29) is 35.9 Å². The first-order chi connectivity index (χ1) is 14.8. The van der Waals surface area contributed by atoms with E-state index in [1.807, 2.05) is 18.7 Å². The standard InChI is InChI=1S/C22H27FN4O4/c1-15(2)20(25-21(29)18-4-3-13-31-18)22(30)27-11-9-26(10-12-27)14-19(28)24-17-7-5-16(23)6-8-17/h3-8,13,15,20H,9-12,14H2,1-2H3,(H,24,28)(H,25,29)/t20-/m0/s1. The van der Waals surface area contributed by atoms with Crippen molar-refractivity contribution in [2.24, 2.45) is 5.92 Å². The SMILES string of the molecule is CC(C)[C@H](NC(=O)c1ccco1)C(=O)N1CCN(CC(=O)Nc2ccc(F)cc2)CC1. The Balaban J connectivity index is 1.49. The predicted octanol–water partition coefficient (Wildman–Crippen LogP) is 1.96. The molecule has 166 valence electrons. The minimum absolute atomic E-state index is 0.0917. The summed E-state index contributed by atoms with van der Waals surface area (Å²) in [6.07, 6.45) is 1.41. The molecule has 8 nitrogen and oxygen atoms in total. The molecule has 3 amide bonds. The van der Waals surface area contributed by atoms with E-state index in [1.54, 1.807) is 17.0 Å². The third kappa shape index (κ3) is 6.14. The summed E-state index contributed by atoms with van der Waals surface area (Å²) >= 11 is 0. The second kappa shape index (κ2) is 10.2. The highest BCUT2D eigenvalue weighted by atomic mass is 19.1. The fraction of sp³-hybridized carbons (Fsp3) is 0.409. The van der Waals surface area contributed by atoms with Crippen LogP contribution in [0.1, 0.15) is 24.4 Å². The van der Waals surface area contributed by atoms with Crippen molar-refractivity contribution in [3.63, 3.8) is 0 Å². The average molecular weight is 430 g/mol. The number of nitrogens with zero attached hydrogens (tertiary/aromatic N) is 2. The van der Waals surface area contributed by atoms with Gasteiger partial charge in [0, 0.05) is 31.9 Å². The molecule has 9 heteroatoms. The van der Waals surface area contributed by atoms with Gasteiger partial charge in [0.05, 0.1) is 12.8 Å². The fourth-order valence-electron chi connectivity index (χ4n) is 3.39. The van der Waals surface area contributed by atoms with E-state index in [4.69, 9.17) is 4.42 Å². The van der Waals surface area contributed by atoms with Gasteiger partial charge < -0.3 is 20.0 Å². The topological polar surface area (TPSA) is 94.9 Å². The maximum Gasteiger partial charge on any atom is 0.287 e. The van der Waals surface area contributed by atoms with E-state index in [0.29, 0.717) is 31.9 Å². The summed E-state index contributed by atoms with van der Waals surface area (Å²) in [5.41, 5.74) is 0.535. The minimum Gasteiger partial charge on any atom is -0.459 e. The van der Waals surface area contributed by atoms with Gasteiger partial charge in [0.15, 0.2) is 5.76 Å². The first kappa shape index (κ1) is 22.5. The zero-order chi connectivity index (χ0) is 22.4. The van der Waals surface area contributed by atoms with E-state index >= 15 is 0 Å². The summed E-state index contributed by atoms with van der Waals surface area (Å²) in [5.74, 6) is -1.06. The lowest BCUT2D eigenvalue weighted by Crippen LogP contribution is -2.57. The van der Waals surface area contributed by atoms with Gasteiger partial charge in [0.1, 0.15) is 11.9 Å². The van der Waals surface area contributed by atoms with E-state index in [1.165, 1.54) is 30.5 Å². The monoisotopic (exact) mass is 430 g/mol. The molecular weight excluding hydrogens is 403 g/mol. The van der Waals surface area contributed by atoms with Crippen LogP contribution in [-0.2, 0) is 9.59 Å². The summed E-state index contributed by atoms with van der Waals surface area (Å²) in [5, 5.41) is 5.50. The highest BCUT2D eigenvalue weighted by molar-refractivity contribution is 5.95. The smallest absolute Gasteiger partial charge is 0.287 e. The summed E-state index contributed by atoms with van der Waals surface area (Å²) < 4.78 is 18.1. The molecule has 1 saturated heterocycles. The molecule has 3 rings (SSSR count). The van der Waals surface area contributed by atoms with Crippen molar-refractivity contribution in [2.75, 3.05) is 38.0 Å². The minimum atomic E-state index is -0.661. The molecule has 0 saturated carbocycles. The Labute approximate surface area is 180 Å². The maximum absolute atomic E-state index is 13.0. The molecule has 2 heterocycles. The number of carbonyl (C=O) groups excluding carboxylic acids is 3. The maximum atomic E-state index is 13.0. The lowest BCUT2D eigenvalue weighted by atomic mass is 10.0. The van der Waals surface area contributed by atoms with Gasteiger partial charge in [-0.25, -0.2) is 4.39 Å². The van der Waals surface area contributed by atoms with Crippen molar-refractivity contribution in [3.05, 3.63) is 54.2 Å². The third-order valence-electron chi connectivity index (χ3n) is 5.14. The number of amides is 3. The van der Waals surface area contributed by atoms with Crippen LogP contribution in [0.4, 0.5) is 10.1 Å². The zero-order valence-electron chi connectivity index (χ0n) is 17.6. The van der Waals surface area contributed by atoms with Crippen LogP contribution in [0.15, 0.2) is 47.1 Å². The Kier molecular flexibility index (Phi) is 7.41. The van der Waals surface area contributed by atoms with E-state index in [2.05, 4.69) is 10.6 Å². The number of benzene rings is 1. The molecule has 1 aliphatic rings. The molecule has 1 atom stereocenters. The molecule has 31 heavy (non-hydrogen) atoms. The molecule has 2 N–H and O–H groups in total. The number of rotatable bonds is 7. The van der Waals surface area contributed by atoms with Gasteiger partial charge in [-0.15, -0.1) is 0 Å². The van der Waals surface area contributed by atoms with Crippen LogP contribution in [0.2, 0.25) is 0 Å². The number of furan rings is 1. The van der Waals surface area contributed by atoms with Crippen LogP contribution >= 0.6 is 0 Å². The van der Waals surface area contributed by atoms with Gasteiger partial charge in [-0.05, 0) is 42.3 Å². The highest BCUT2D eigenvalue weighted by Gasteiger charge is 2.31. The van der Waals surface area contributed by atoms with Gasteiger partial charge in [0.2, 0.25) is 11.8 Å². The summed E-state index contributed by atoms with van der Waals surface area (Å²) in [4.78, 5) is 41.2. The first-order valence-electron chi connectivity index (χ1n) is 10.2. The van der Waals surface area contributed by atoms with E-state index in [9.17, 15) is 18.8 Å². The highest BCUT2D eigenvalue weighted by Crippen LogP contribution is 2.12. The Hall–Kier alpha value is -3.20. The van der Waals surface area contributed by atoms with Crippen LogP contribution in [0.25, 0.3) is 0 Å². The van der Waals surface area contributed by atoms with Crippen molar-refractivity contribution in [1.82, 2.24) is 15.1 Å². The fourth-order valence-corrected chi connectivity index (χ4v) is 3.39. The summed E-state index contributed by atoms with van der Waals surface area (Å²) in [6, 6.07) is 8.09. The lowest BCUT2D eigenvalue weighted by Gasteiger charge is -2.37. The quantitative estimate of drug-likeness (QED) is 0.700. The largest absolute Gasteiger partial charge is 0.459 e. The number of nitrogens with one attached hydrogen (secondary N) is 2. The molecule has 1 aliphatic heterocycles. The van der Waals surface area contributed by atoms with Gasteiger partial charge in [-0.3, -0.25) is 19.3 Å². The Morgan fingerprint density at radius 1 is 1.06 bits per heavy atom. The molecule has 0 spiro atoms. The second-order valence-corrected chi connectivity index (χ2v) is 7.83.